The van der Waals surface area contributed by atoms with Gasteiger partial charge in [0, 0.05) is 49.7 Å². The molecular formula is C17H29N3OS. The van der Waals surface area contributed by atoms with Gasteiger partial charge in [-0.3, -0.25) is 14.6 Å². The van der Waals surface area contributed by atoms with E-state index in [1.807, 2.05) is 16.2 Å². The van der Waals surface area contributed by atoms with E-state index in [9.17, 15) is 4.79 Å². The SMILES string of the molecule is CC(C)N(C(=O)CN1CCN(Cc2cccs2)CC1)C(C)C. The van der Waals surface area contributed by atoms with Crippen molar-refractivity contribution in [3.8, 4) is 0 Å². The maximum absolute atomic E-state index is 12.5. The van der Waals surface area contributed by atoms with Crippen molar-refractivity contribution in [2.45, 2.75) is 46.3 Å². The van der Waals surface area contributed by atoms with Crippen LogP contribution in [-0.2, 0) is 11.3 Å². The van der Waals surface area contributed by atoms with Crippen molar-refractivity contribution in [3.63, 3.8) is 0 Å². The molecule has 1 aromatic heterocycles. The van der Waals surface area contributed by atoms with E-state index in [1.54, 1.807) is 0 Å². The molecule has 5 heteroatoms. The van der Waals surface area contributed by atoms with Gasteiger partial charge in [-0.15, -0.1) is 11.3 Å². The fourth-order valence-corrected chi connectivity index (χ4v) is 3.92. The molecule has 0 aliphatic carbocycles. The van der Waals surface area contributed by atoms with Crippen molar-refractivity contribution in [1.82, 2.24) is 14.7 Å². The summed E-state index contributed by atoms with van der Waals surface area (Å²) in [6.45, 7) is 14.1. The lowest BCUT2D eigenvalue weighted by Gasteiger charge is -2.37. The van der Waals surface area contributed by atoms with Gasteiger partial charge >= 0.3 is 0 Å². The summed E-state index contributed by atoms with van der Waals surface area (Å²) in [5.74, 6) is 0.261. The molecule has 1 amide bonds. The maximum Gasteiger partial charge on any atom is 0.237 e. The summed E-state index contributed by atoms with van der Waals surface area (Å²) in [5.41, 5.74) is 0. The summed E-state index contributed by atoms with van der Waals surface area (Å²) in [7, 11) is 0. The van der Waals surface area contributed by atoms with Crippen LogP contribution in [-0.4, -0.2) is 65.4 Å². The zero-order valence-electron chi connectivity index (χ0n) is 14.3. The predicted molar refractivity (Wildman–Crippen MR) is 93.2 cm³/mol. The molecule has 0 N–H and O–H groups in total. The van der Waals surface area contributed by atoms with Crippen molar-refractivity contribution in [2.24, 2.45) is 0 Å². The van der Waals surface area contributed by atoms with E-state index >= 15 is 0 Å². The first-order valence-corrected chi connectivity index (χ1v) is 9.13. The lowest BCUT2D eigenvalue weighted by Crippen LogP contribution is -2.52. The number of piperazine rings is 1. The van der Waals surface area contributed by atoms with Crippen LogP contribution in [0.3, 0.4) is 0 Å². The standard InChI is InChI=1S/C17H29N3OS/c1-14(2)20(15(3)4)17(21)13-19-9-7-18(8-10-19)12-16-6-5-11-22-16/h5-6,11,14-15H,7-10,12-13H2,1-4H3. The highest BCUT2D eigenvalue weighted by atomic mass is 32.1. The molecule has 1 aliphatic heterocycles. The molecule has 124 valence electrons. The monoisotopic (exact) mass is 323 g/mol. The molecule has 4 nitrogen and oxygen atoms in total. The topological polar surface area (TPSA) is 26.8 Å². The lowest BCUT2D eigenvalue weighted by atomic mass is 10.2. The van der Waals surface area contributed by atoms with Gasteiger partial charge in [-0.05, 0) is 39.1 Å². The first kappa shape index (κ1) is 17.4. The van der Waals surface area contributed by atoms with Crippen molar-refractivity contribution in [1.29, 1.82) is 0 Å². The summed E-state index contributed by atoms with van der Waals surface area (Å²) in [6, 6.07) is 4.85. The van der Waals surface area contributed by atoms with Crippen molar-refractivity contribution >= 4 is 17.2 Å². The first-order chi connectivity index (χ1) is 10.5. The van der Waals surface area contributed by atoms with Crippen LogP contribution in [0.4, 0.5) is 0 Å². The Morgan fingerprint density at radius 1 is 1.14 bits per heavy atom. The van der Waals surface area contributed by atoms with Crippen molar-refractivity contribution in [2.75, 3.05) is 32.7 Å². The smallest absolute Gasteiger partial charge is 0.237 e. The predicted octanol–water partition coefficient (Wildman–Crippen LogP) is 2.51. The number of amides is 1. The zero-order chi connectivity index (χ0) is 16.1. The molecule has 0 unspecified atom stereocenters. The van der Waals surface area contributed by atoms with Gasteiger partial charge < -0.3 is 4.90 Å². The Morgan fingerprint density at radius 3 is 2.23 bits per heavy atom. The second-order valence-electron chi connectivity index (χ2n) is 6.62. The van der Waals surface area contributed by atoms with Crippen molar-refractivity contribution in [3.05, 3.63) is 22.4 Å². The fraction of sp³-hybridized carbons (Fsp3) is 0.706. The van der Waals surface area contributed by atoms with Crippen LogP contribution in [0.5, 0.6) is 0 Å². The minimum atomic E-state index is 0.261. The van der Waals surface area contributed by atoms with E-state index in [2.05, 4.69) is 55.0 Å². The van der Waals surface area contributed by atoms with Crippen LogP contribution in [0.25, 0.3) is 0 Å². The molecule has 0 radical (unpaired) electrons. The molecular weight excluding hydrogens is 294 g/mol. The van der Waals surface area contributed by atoms with Gasteiger partial charge in [0.1, 0.15) is 0 Å². The number of hydrogen-bond acceptors (Lipinski definition) is 4. The molecule has 0 spiro atoms. The minimum absolute atomic E-state index is 0.261. The van der Waals surface area contributed by atoms with Gasteiger partial charge in [-0.25, -0.2) is 0 Å². The van der Waals surface area contributed by atoms with Crippen LogP contribution < -0.4 is 0 Å². The van der Waals surface area contributed by atoms with E-state index in [-0.39, 0.29) is 18.0 Å². The number of carbonyl (C=O) groups excluding carboxylic acids is 1. The molecule has 0 saturated carbocycles. The normalized spacial score (nSPS) is 17.4. The lowest BCUT2D eigenvalue weighted by molar-refractivity contribution is -0.136. The van der Waals surface area contributed by atoms with Crippen molar-refractivity contribution < 1.29 is 4.79 Å². The Hall–Kier alpha value is -0.910. The maximum atomic E-state index is 12.5. The van der Waals surface area contributed by atoms with Crippen LogP contribution in [0.2, 0.25) is 0 Å². The summed E-state index contributed by atoms with van der Waals surface area (Å²) < 4.78 is 0. The quantitative estimate of drug-likeness (QED) is 0.805. The first-order valence-electron chi connectivity index (χ1n) is 8.25. The highest BCUT2D eigenvalue weighted by molar-refractivity contribution is 7.09. The van der Waals surface area contributed by atoms with Gasteiger partial charge in [0.05, 0.1) is 6.54 Å². The Morgan fingerprint density at radius 2 is 1.73 bits per heavy atom. The number of nitrogens with zero attached hydrogens (tertiary/aromatic N) is 3. The molecule has 2 heterocycles. The Bertz CT molecular complexity index is 442. The van der Waals surface area contributed by atoms with Gasteiger partial charge in [0.2, 0.25) is 5.91 Å². The van der Waals surface area contributed by atoms with Crippen LogP contribution in [0.15, 0.2) is 17.5 Å². The molecule has 0 bridgehead atoms. The van der Waals surface area contributed by atoms with E-state index in [0.29, 0.717) is 6.54 Å². The Labute approximate surface area is 138 Å². The number of carbonyl (C=O) groups is 1. The minimum Gasteiger partial charge on any atom is -0.337 e. The van der Waals surface area contributed by atoms with E-state index in [4.69, 9.17) is 0 Å². The number of rotatable bonds is 6. The number of thiophene rings is 1. The molecule has 0 atom stereocenters. The molecule has 1 aromatic rings. The molecule has 1 fully saturated rings. The second kappa shape index (κ2) is 8.09. The van der Waals surface area contributed by atoms with Crippen LogP contribution in [0.1, 0.15) is 32.6 Å². The molecule has 2 rings (SSSR count). The molecule has 1 aliphatic rings. The average molecular weight is 324 g/mol. The van der Waals surface area contributed by atoms with Gasteiger partial charge in [-0.2, -0.15) is 0 Å². The Balaban J connectivity index is 1.78. The third-order valence-electron chi connectivity index (χ3n) is 4.18. The van der Waals surface area contributed by atoms with E-state index < -0.39 is 0 Å². The average Bonchev–Trinajstić information content (AvgIpc) is 2.93. The molecule has 22 heavy (non-hydrogen) atoms. The fourth-order valence-electron chi connectivity index (χ4n) is 3.17. The largest absolute Gasteiger partial charge is 0.337 e. The third kappa shape index (κ3) is 4.80. The van der Waals surface area contributed by atoms with Crippen LogP contribution in [0, 0.1) is 0 Å². The second-order valence-corrected chi connectivity index (χ2v) is 7.65. The van der Waals surface area contributed by atoms with Gasteiger partial charge in [0.15, 0.2) is 0 Å². The highest BCUT2D eigenvalue weighted by Crippen LogP contribution is 2.14. The zero-order valence-corrected chi connectivity index (χ0v) is 15.1. The molecule has 1 saturated heterocycles. The van der Waals surface area contributed by atoms with E-state index in [1.165, 1.54) is 4.88 Å². The molecule has 0 aromatic carbocycles. The van der Waals surface area contributed by atoms with Gasteiger partial charge in [-0.1, -0.05) is 6.07 Å². The van der Waals surface area contributed by atoms with Crippen LogP contribution >= 0.6 is 11.3 Å². The summed E-state index contributed by atoms with van der Waals surface area (Å²) >= 11 is 1.82. The third-order valence-corrected chi connectivity index (χ3v) is 5.05. The summed E-state index contributed by atoms with van der Waals surface area (Å²) in [4.78, 5) is 20.7. The number of hydrogen-bond donors (Lipinski definition) is 0. The summed E-state index contributed by atoms with van der Waals surface area (Å²) in [5, 5.41) is 2.14. The Kier molecular flexibility index (Phi) is 6.41. The van der Waals surface area contributed by atoms with E-state index in [0.717, 1.165) is 32.7 Å². The summed E-state index contributed by atoms with van der Waals surface area (Å²) in [6.07, 6.45) is 0. The highest BCUT2D eigenvalue weighted by Gasteiger charge is 2.24. The van der Waals surface area contributed by atoms with Gasteiger partial charge in [0.25, 0.3) is 0 Å².